The molecule has 0 saturated carbocycles. The highest BCUT2D eigenvalue weighted by Gasteiger charge is 2.15. The van der Waals surface area contributed by atoms with Crippen LogP contribution >= 0.6 is 0 Å². The van der Waals surface area contributed by atoms with Gasteiger partial charge in [0.15, 0.2) is 5.96 Å². The van der Waals surface area contributed by atoms with Crippen molar-refractivity contribution in [3.8, 4) is 0 Å². The molecule has 0 bridgehead atoms. The zero-order chi connectivity index (χ0) is 16.5. The Morgan fingerprint density at radius 3 is 2.55 bits per heavy atom. The minimum Gasteiger partial charge on any atom is -0.356 e. The maximum Gasteiger partial charge on any atom is 0.191 e. The maximum absolute atomic E-state index is 13.4. The summed E-state index contributed by atoms with van der Waals surface area (Å²) in [6.45, 7) is 5.95. The third-order valence-electron chi connectivity index (χ3n) is 3.56. The molecule has 0 aromatic heterocycles. The Hall–Kier alpha value is -1.62. The van der Waals surface area contributed by atoms with Crippen LogP contribution in [0.3, 0.4) is 0 Å². The molecule has 1 aromatic carbocycles. The van der Waals surface area contributed by atoms with Crippen molar-refractivity contribution in [2.45, 2.75) is 26.3 Å². The molecule has 5 heteroatoms. The number of benzene rings is 1. The van der Waals surface area contributed by atoms with E-state index in [4.69, 9.17) is 0 Å². The number of rotatable bonds is 7. The Morgan fingerprint density at radius 1 is 1.27 bits per heavy atom. The van der Waals surface area contributed by atoms with Gasteiger partial charge < -0.3 is 15.5 Å². The lowest BCUT2D eigenvalue weighted by Gasteiger charge is -2.26. The van der Waals surface area contributed by atoms with Crippen molar-refractivity contribution >= 4 is 5.96 Å². The van der Waals surface area contributed by atoms with E-state index in [1.807, 2.05) is 20.2 Å². The van der Waals surface area contributed by atoms with E-state index in [1.54, 1.807) is 19.2 Å². The molecular weight excluding hydrogens is 279 g/mol. The zero-order valence-electron chi connectivity index (χ0n) is 14.4. The summed E-state index contributed by atoms with van der Waals surface area (Å²) in [6, 6.07) is 6.83. The molecule has 1 rings (SSSR count). The number of guanidine groups is 1. The number of hydrogen-bond donors (Lipinski definition) is 2. The highest BCUT2D eigenvalue weighted by Crippen LogP contribution is 2.18. The number of halogens is 1. The molecule has 0 amide bonds. The smallest absolute Gasteiger partial charge is 0.191 e. The van der Waals surface area contributed by atoms with Crippen LogP contribution < -0.4 is 10.6 Å². The molecule has 0 aliphatic heterocycles. The predicted molar refractivity (Wildman–Crippen MR) is 91.6 cm³/mol. The van der Waals surface area contributed by atoms with Crippen LogP contribution in [0.25, 0.3) is 0 Å². The molecule has 0 aliphatic rings. The molecule has 0 fully saturated rings. The van der Waals surface area contributed by atoms with Gasteiger partial charge >= 0.3 is 0 Å². The normalized spacial score (nSPS) is 13.5. The van der Waals surface area contributed by atoms with E-state index in [0.717, 1.165) is 24.5 Å². The van der Waals surface area contributed by atoms with Gasteiger partial charge in [-0.2, -0.15) is 0 Å². The summed E-state index contributed by atoms with van der Waals surface area (Å²) in [6.07, 6.45) is 1.10. The third-order valence-corrected chi connectivity index (χ3v) is 3.56. The summed E-state index contributed by atoms with van der Waals surface area (Å²) in [4.78, 5) is 6.30. The largest absolute Gasteiger partial charge is 0.356 e. The zero-order valence-corrected chi connectivity index (χ0v) is 14.4. The lowest BCUT2D eigenvalue weighted by atomic mass is 10.1. The van der Waals surface area contributed by atoms with Crippen molar-refractivity contribution in [3.63, 3.8) is 0 Å². The minimum atomic E-state index is -0.205. The van der Waals surface area contributed by atoms with Gasteiger partial charge in [0.05, 0.1) is 6.04 Å². The molecule has 124 valence electrons. The standard InChI is InChI=1S/C17H29FN4/c1-13(2)9-10-20-17(19-3)21-12-16(22(4)5)14-7-6-8-15(18)11-14/h6-8,11,13,16H,9-10,12H2,1-5H3,(H2,19,20,21). The first-order valence-electron chi connectivity index (χ1n) is 7.80. The van der Waals surface area contributed by atoms with Crippen molar-refractivity contribution in [1.29, 1.82) is 0 Å². The van der Waals surface area contributed by atoms with Crippen LogP contribution in [0.4, 0.5) is 4.39 Å². The molecular formula is C17H29FN4. The van der Waals surface area contributed by atoms with Gasteiger partial charge in [0, 0.05) is 20.1 Å². The van der Waals surface area contributed by atoms with Gasteiger partial charge in [0.25, 0.3) is 0 Å². The van der Waals surface area contributed by atoms with E-state index in [1.165, 1.54) is 6.07 Å². The quantitative estimate of drug-likeness (QED) is 0.601. The van der Waals surface area contributed by atoms with E-state index in [-0.39, 0.29) is 11.9 Å². The molecule has 22 heavy (non-hydrogen) atoms. The minimum absolute atomic E-state index is 0.0827. The molecule has 1 aromatic rings. The fourth-order valence-electron chi connectivity index (χ4n) is 2.21. The van der Waals surface area contributed by atoms with Gasteiger partial charge in [-0.05, 0) is 44.1 Å². The van der Waals surface area contributed by atoms with Crippen molar-refractivity contribution in [2.24, 2.45) is 10.9 Å². The van der Waals surface area contributed by atoms with E-state index < -0.39 is 0 Å². The molecule has 0 heterocycles. The van der Waals surface area contributed by atoms with Crippen molar-refractivity contribution < 1.29 is 4.39 Å². The highest BCUT2D eigenvalue weighted by atomic mass is 19.1. The number of nitrogens with one attached hydrogen (secondary N) is 2. The predicted octanol–water partition coefficient (Wildman–Crippen LogP) is 2.64. The molecule has 1 atom stereocenters. The van der Waals surface area contributed by atoms with Gasteiger partial charge in [-0.3, -0.25) is 4.99 Å². The summed E-state index contributed by atoms with van der Waals surface area (Å²) < 4.78 is 13.4. The fourth-order valence-corrected chi connectivity index (χ4v) is 2.21. The summed E-state index contributed by atoms with van der Waals surface area (Å²) in [5.74, 6) is 1.24. The van der Waals surface area contributed by atoms with Gasteiger partial charge in [0.1, 0.15) is 5.82 Å². The second kappa shape index (κ2) is 9.41. The topological polar surface area (TPSA) is 39.7 Å². The molecule has 1 unspecified atom stereocenters. The van der Waals surface area contributed by atoms with Crippen LogP contribution in [0, 0.1) is 11.7 Å². The highest BCUT2D eigenvalue weighted by molar-refractivity contribution is 5.79. The summed E-state index contributed by atoms with van der Waals surface area (Å²) >= 11 is 0. The molecule has 4 nitrogen and oxygen atoms in total. The molecule has 0 spiro atoms. The molecule has 0 saturated heterocycles. The van der Waals surface area contributed by atoms with E-state index in [2.05, 4.69) is 34.4 Å². The number of likely N-dealkylation sites (N-methyl/N-ethyl adjacent to an activating group) is 1. The fraction of sp³-hybridized carbons (Fsp3) is 0.588. The van der Waals surface area contributed by atoms with Gasteiger partial charge in [-0.15, -0.1) is 0 Å². The van der Waals surface area contributed by atoms with Gasteiger partial charge in [0.2, 0.25) is 0 Å². The summed E-state index contributed by atoms with van der Waals surface area (Å²) in [7, 11) is 5.75. The Balaban J connectivity index is 2.60. The van der Waals surface area contributed by atoms with Crippen LogP contribution in [0.15, 0.2) is 29.3 Å². The first-order valence-corrected chi connectivity index (χ1v) is 7.80. The lowest BCUT2D eigenvalue weighted by Crippen LogP contribution is -2.42. The van der Waals surface area contributed by atoms with E-state index in [9.17, 15) is 4.39 Å². The maximum atomic E-state index is 13.4. The second-order valence-corrected chi connectivity index (χ2v) is 6.10. The Bertz CT molecular complexity index is 471. The van der Waals surface area contributed by atoms with Crippen molar-refractivity contribution in [2.75, 3.05) is 34.2 Å². The van der Waals surface area contributed by atoms with Crippen LogP contribution in [-0.4, -0.2) is 45.1 Å². The Morgan fingerprint density at radius 2 is 2.00 bits per heavy atom. The summed E-state index contributed by atoms with van der Waals surface area (Å²) in [5, 5.41) is 6.62. The van der Waals surface area contributed by atoms with E-state index in [0.29, 0.717) is 12.5 Å². The van der Waals surface area contributed by atoms with Gasteiger partial charge in [-0.25, -0.2) is 4.39 Å². The van der Waals surface area contributed by atoms with E-state index >= 15 is 0 Å². The lowest BCUT2D eigenvalue weighted by molar-refractivity contribution is 0.297. The third kappa shape index (κ3) is 6.43. The van der Waals surface area contributed by atoms with Crippen LogP contribution in [0.2, 0.25) is 0 Å². The Labute approximate surface area is 133 Å². The van der Waals surface area contributed by atoms with Crippen LogP contribution in [0.1, 0.15) is 31.9 Å². The van der Waals surface area contributed by atoms with Crippen molar-refractivity contribution in [3.05, 3.63) is 35.6 Å². The van der Waals surface area contributed by atoms with Gasteiger partial charge in [-0.1, -0.05) is 26.0 Å². The summed E-state index contributed by atoms with van der Waals surface area (Å²) in [5.41, 5.74) is 0.954. The number of hydrogen-bond acceptors (Lipinski definition) is 2. The van der Waals surface area contributed by atoms with Crippen LogP contribution in [0.5, 0.6) is 0 Å². The average Bonchev–Trinajstić information content (AvgIpc) is 2.45. The first kappa shape index (κ1) is 18.4. The average molecular weight is 308 g/mol. The van der Waals surface area contributed by atoms with Crippen molar-refractivity contribution in [1.82, 2.24) is 15.5 Å². The second-order valence-electron chi connectivity index (χ2n) is 6.10. The Kier molecular flexibility index (Phi) is 7.88. The monoisotopic (exact) mass is 308 g/mol. The van der Waals surface area contributed by atoms with Crippen LogP contribution in [-0.2, 0) is 0 Å². The SMILES string of the molecule is CN=C(NCCC(C)C)NCC(c1cccc(F)c1)N(C)C. The first-order chi connectivity index (χ1) is 10.4. The number of aliphatic imine (C=N–C) groups is 1. The number of nitrogens with zero attached hydrogens (tertiary/aromatic N) is 2. The molecule has 2 N–H and O–H groups in total. The molecule has 0 radical (unpaired) electrons. The molecule has 0 aliphatic carbocycles.